The van der Waals surface area contributed by atoms with Crippen molar-refractivity contribution >= 4 is 7.14 Å². The highest BCUT2D eigenvalue weighted by Gasteiger charge is 2.24. The van der Waals surface area contributed by atoms with E-state index in [1.54, 1.807) is 0 Å². The minimum atomic E-state index is -1.89. The molecule has 1 aliphatic heterocycles. The Morgan fingerprint density at radius 3 is 1.94 bits per heavy atom. The smallest absolute Gasteiger partial charge is 0.101 e. The number of likely N-dealkylation sites (tertiary alicyclic amines) is 1. The van der Waals surface area contributed by atoms with Gasteiger partial charge < -0.3 is 4.57 Å². The van der Waals surface area contributed by atoms with Gasteiger partial charge in [0.05, 0.1) is 6.29 Å². The van der Waals surface area contributed by atoms with Crippen LogP contribution in [0.3, 0.4) is 0 Å². The molecule has 0 aromatic rings. The van der Waals surface area contributed by atoms with E-state index in [9.17, 15) is 4.57 Å². The zero-order chi connectivity index (χ0) is 12.6. The van der Waals surface area contributed by atoms with Crippen LogP contribution >= 0.6 is 7.14 Å². The first-order valence-corrected chi connectivity index (χ1v) is 9.76. The first kappa shape index (κ1) is 15.2. The largest absolute Gasteiger partial charge is 0.322 e. The molecule has 0 saturated carbocycles. The van der Waals surface area contributed by atoms with Crippen LogP contribution in [0.25, 0.3) is 0 Å². The first-order valence-electron chi connectivity index (χ1n) is 7.49. The van der Waals surface area contributed by atoms with Gasteiger partial charge in [0.1, 0.15) is 7.14 Å². The fraction of sp³-hybridized carbons (Fsp3) is 1.00. The highest BCUT2D eigenvalue weighted by molar-refractivity contribution is 7.63. The third-order valence-electron chi connectivity index (χ3n) is 3.74. The minimum Gasteiger partial charge on any atom is -0.322 e. The van der Waals surface area contributed by atoms with Crippen molar-refractivity contribution in [2.24, 2.45) is 0 Å². The number of hydrogen-bond donors (Lipinski definition) is 0. The molecule has 102 valence electrons. The third kappa shape index (κ3) is 6.06. The molecule has 1 saturated heterocycles. The van der Waals surface area contributed by atoms with Crippen molar-refractivity contribution in [3.05, 3.63) is 0 Å². The van der Waals surface area contributed by atoms with E-state index in [-0.39, 0.29) is 0 Å². The Morgan fingerprint density at radius 1 is 0.941 bits per heavy atom. The van der Waals surface area contributed by atoms with Gasteiger partial charge in [-0.2, -0.15) is 0 Å². The fourth-order valence-electron chi connectivity index (χ4n) is 2.61. The molecule has 0 spiro atoms. The monoisotopic (exact) mass is 259 g/mol. The molecular formula is C14H30NOP. The lowest BCUT2D eigenvalue weighted by Crippen LogP contribution is -2.31. The van der Waals surface area contributed by atoms with Gasteiger partial charge >= 0.3 is 0 Å². The van der Waals surface area contributed by atoms with Crippen LogP contribution in [0.4, 0.5) is 0 Å². The molecule has 0 atom stereocenters. The Bertz CT molecular complexity index is 224. The van der Waals surface area contributed by atoms with Crippen LogP contribution in [-0.2, 0) is 4.57 Å². The van der Waals surface area contributed by atoms with E-state index in [1.807, 2.05) is 0 Å². The molecule has 0 unspecified atom stereocenters. The Labute approximate surface area is 108 Å². The van der Waals surface area contributed by atoms with Gasteiger partial charge in [0.25, 0.3) is 0 Å². The lowest BCUT2D eigenvalue weighted by molar-refractivity contribution is 0.260. The molecule has 0 aromatic heterocycles. The summed E-state index contributed by atoms with van der Waals surface area (Å²) in [5, 5.41) is 0. The quantitative estimate of drug-likeness (QED) is 0.602. The Morgan fingerprint density at radius 2 is 1.47 bits per heavy atom. The van der Waals surface area contributed by atoms with E-state index < -0.39 is 7.14 Å². The van der Waals surface area contributed by atoms with Crippen LogP contribution in [0.1, 0.15) is 58.8 Å². The van der Waals surface area contributed by atoms with Crippen molar-refractivity contribution in [2.45, 2.75) is 58.8 Å². The van der Waals surface area contributed by atoms with E-state index in [1.165, 1.54) is 45.2 Å². The first-order chi connectivity index (χ1) is 8.20. The maximum atomic E-state index is 13.0. The summed E-state index contributed by atoms with van der Waals surface area (Å²) in [7, 11) is -1.89. The van der Waals surface area contributed by atoms with Gasteiger partial charge in [0, 0.05) is 12.3 Å². The zero-order valence-electron chi connectivity index (χ0n) is 11.8. The Balaban J connectivity index is 2.45. The van der Waals surface area contributed by atoms with Gasteiger partial charge in [0.15, 0.2) is 0 Å². The molecule has 17 heavy (non-hydrogen) atoms. The maximum absolute atomic E-state index is 13.0. The summed E-state index contributed by atoms with van der Waals surface area (Å²) in [6, 6.07) is 0. The second-order valence-electron chi connectivity index (χ2n) is 5.53. The van der Waals surface area contributed by atoms with E-state index >= 15 is 0 Å². The molecule has 0 radical (unpaired) electrons. The molecule has 0 bridgehead atoms. The average Bonchev–Trinajstić information content (AvgIpc) is 2.35. The van der Waals surface area contributed by atoms with Gasteiger partial charge in [-0.25, -0.2) is 0 Å². The average molecular weight is 259 g/mol. The molecule has 1 aliphatic rings. The molecular weight excluding hydrogens is 229 g/mol. The molecule has 1 fully saturated rings. The summed E-state index contributed by atoms with van der Waals surface area (Å²) in [6.07, 6.45) is 11.5. The van der Waals surface area contributed by atoms with Gasteiger partial charge in [-0.1, -0.05) is 33.1 Å². The van der Waals surface area contributed by atoms with Crippen molar-refractivity contribution in [1.29, 1.82) is 0 Å². The third-order valence-corrected chi connectivity index (χ3v) is 6.92. The van der Waals surface area contributed by atoms with Crippen molar-refractivity contribution in [1.82, 2.24) is 4.90 Å². The topological polar surface area (TPSA) is 20.3 Å². The molecule has 1 rings (SSSR count). The van der Waals surface area contributed by atoms with E-state index in [2.05, 4.69) is 18.7 Å². The van der Waals surface area contributed by atoms with Crippen LogP contribution in [0, 0.1) is 0 Å². The molecule has 0 amide bonds. The predicted molar refractivity (Wildman–Crippen MR) is 77.4 cm³/mol. The summed E-state index contributed by atoms with van der Waals surface area (Å²) in [6.45, 7) is 6.76. The van der Waals surface area contributed by atoms with Crippen LogP contribution < -0.4 is 0 Å². The molecule has 3 heteroatoms. The zero-order valence-corrected chi connectivity index (χ0v) is 12.7. The van der Waals surface area contributed by atoms with Crippen molar-refractivity contribution < 1.29 is 4.57 Å². The molecule has 0 N–H and O–H groups in total. The molecule has 0 aliphatic carbocycles. The second kappa shape index (κ2) is 8.32. The normalized spacial score (nSPS) is 18.5. The second-order valence-corrected chi connectivity index (χ2v) is 8.83. The van der Waals surface area contributed by atoms with Crippen LogP contribution in [0.5, 0.6) is 0 Å². The van der Waals surface area contributed by atoms with Gasteiger partial charge in [-0.05, 0) is 38.8 Å². The Hall–Kier alpha value is 0.190. The Kier molecular flexibility index (Phi) is 7.46. The highest BCUT2D eigenvalue weighted by Crippen LogP contribution is 2.48. The predicted octanol–water partition coefficient (Wildman–Crippen LogP) is 4.39. The standard InChI is InChI=1S/C14H30NOP/c1-3-5-12-17(16,13-6-4-2)14-15-10-8-7-9-11-15/h3-14H2,1-2H3. The number of hydrogen-bond acceptors (Lipinski definition) is 2. The van der Waals surface area contributed by atoms with Crippen LogP contribution in [0.15, 0.2) is 0 Å². The van der Waals surface area contributed by atoms with Gasteiger partial charge in [-0.3, -0.25) is 4.90 Å². The van der Waals surface area contributed by atoms with Crippen molar-refractivity contribution in [3.8, 4) is 0 Å². The van der Waals surface area contributed by atoms with E-state index in [0.29, 0.717) is 0 Å². The maximum Gasteiger partial charge on any atom is 0.101 e. The minimum absolute atomic E-state index is 0.910. The molecule has 1 heterocycles. The fourth-order valence-corrected chi connectivity index (χ4v) is 5.91. The number of piperidine rings is 1. The highest BCUT2D eigenvalue weighted by atomic mass is 31.2. The van der Waals surface area contributed by atoms with Crippen LogP contribution in [0.2, 0.25) is 0 Å². The SMILES string of the molecule is CCCCP(=O)(CCCC)CN1CCCCC1. The number of rotatable bonds is 8. The molecule has 2 nitrogen and oxygen atoms in total. The lowest BCUT2D eigenvalue weighted by atomic mass is 10.1. The summed E-state index contributed by atoms with van der Waals surface area (Å²) in [4.78, 5) is 2.47. The van der Waals surface area contributed by atoms with Gasteiger partial charge in [0.2, 0.25) is 0 Å². The van der Waals surface area contributed by atoms with Crippen molar-refractivity contribution in [3.63, 3.8) is 0 Å². The number of nitrogens with zero attached hydrogens (tertiary/aromatic N) is 1. The van der Waals surface area contributed by atoms with Crippen molar-refractivity contribution in [2.75, 3.05) is 31.7 Å². The summed E-state index contributed by atoms with van der Waals surface area (Å²) >= 11 is 0. The van der Waals surface area contributed by atoms with Gasteiger partial charge in [-0.15, -0.1) is 0 Å². The van der Waals surface area contributed by atoms with Crippen LogP contribution in [-0.4, -0.2) is 36.6 Å². The summed E-state index contributed by atoms with van der Waals surface area (Å²) in [5.74, 6) is 0. The molecule has 0 aromatic carbocycles. The van der Waals surface area contributed by atoms with E-state index in [4.69, 9.17) is 0 Å². The van der Waals surface area contributed by atoms with E-state index in [0.717, 1.165) is 31.5 Å². The summed E-state index contributed by atoms with van der Waals surface area (Å²) in [5.41, 5.74) is 0. The lowest BCUT2D eigenvalue weighted by Gasteiger charge is -2.30. The summed E-state index contributed by atoms with van der Waals surface area (Å²) < 4.78 is 13.0. The number of unbranched alkanes of at least 4 members (excludes halogenated alkanes) is 2.